The fourth-order valence-electron chi connectivity index (χ4n) is 4.75. The van der Waals surface area contributed by atoms with Gasteiger partial charge in [0.15, 0.2) is 17.5 Å². The van der Waals surface area contributed by atoms with Crippen LogP contribution in [0.4, 0.5) is 5.95 Å². The molecule has 0 saturated carbocycles. The third kappa shape index (κ3) is 4.73. The van der Waals surface area contributed by atoms with E-state index < -0.39 is 5.69 Å². The van der Waals surface area contributed by atoms with Crippen LogP contribution in [0.3, 0.4) is 0 Å². The second kappa shape index (κ2) is 10.2. The molecular formula is C23H35N7O4. The van der Waals surface area contributed by atoms with Crippen molar-refractivity contribution in [1.82, 2.24) is 28.9 Å². The summed E-state index contributed by atoms with van der Waals surface area (Å²) < 4.78 is 9.88. The van der Waals surface area contributed by atoms with Crippen LogP contribution in [-0.2, 0) is 30.2 Å². The summed E-state index contributed by atoms with van der Waals surface area (Å²) in [6.45, 7) is 8.66. The van der Waals surface area contributed by atoms with Crippen LogP contribution in [0.15, 0.2) is 21.2 Å². The number of fused-ring (bicyclic) bond motifs is 1. The predicted octanol–water partition coefficient (Wildman–Crippen LogP) is -0.184. The summed E-state index contributed by atoms with van der Waals surface area (Å²) in [4.78, 5) is 46.5. The maximum absolute atomic E-state index is 13.1. The van der Waals surface area contributed by atoms with E-state index in [0.717, 1.165) is 48.9 Å². The van der Waals surface area contributed by atoms with Gasteiger partial charge >= 0.3 is 5.69 Å². The van der Waals surface area contributed by atoms with Gasteiger partial charge < -0.3 is 19.0 Å². The van der Waals surface area contributed by atoms with Crippen LogP contribution < -0.4 is 21.5 Å². The maximum atomic E-state index is 13.1. The number of aryl methyl sites for hydroxylation is 1. The highest BCUT2D eigenvalue weighted by Crippen LogP contribution is 2.24. The Balaban J connectivity index is 1.67. The van der Waals surface area contributed by atoms with Crippen LogP contribution in [-0.4, -0.2) is 81.5 Å². The van der Waals surface area contributed by atoms with Gasteiger partial charge in [-0.15, -0.1) is 0 Å². The number of hydrogen-bond donors (Lipinski definition) is 1. The molecule has 2 fully saturated rings. The topological polar surface area (TPSA) is 107 Å². The Bertz CT molecular complexity index is 1180. The lowest BCUT2D eigenvalue weighted by atomic mass is 10.1. The molecule has 0 amide bonds. The Kier molecular flexibility index (Phi) is 7.34. The molecule has 2 aliphatic rings. The normalized spacial score (nSPS) is 20.5. The number of allylic oxidation sites excluding steroid dienone is 2. The number of hydrogen-bond acceptors (Lipinski definition) is 8. The summed E-state index contributed by atoms with van der Waals surface area (Å²) in [6.07, 6.45) is 4.53. The molecule has 11 nitrogen and oxygen atoms in total. The third-order valence-electron chi connectivity index (χ3n) is 6.69. The third-order valence-corrected chi connectivity index (χ3v) is 6.69. The molecule has 2 aromatic rings. The highest BCUT2D eigenvalue weighted by atomic mass is 16.5. The molecule has 4 rings (SSSR count). The lowest BCUT2D eigenvalue weighted by Gasteiger charge is -2.38. The first-order chi connectivity index (χ1) is 16.3. The molecule has 0 aliphatic carbocycles. The van der Waals surface area contributed by atoms with E-state index in [2.05, 4.69) is 21.2 Å². The Morgan fingerprint density at radius 3 is 2.59 bits per heavy atom. The highest BCUT2D eigenvalue weighted by molar-refractivity contribution is 5.74. The Morgan fingerprint density at radius 2 is 1.91 bits per heavy atom. The summed E-state index contributed by atoms with van der Waals surface area (Å²) in [5.74, 6) is 0.673. The molecule has 0 radical (unpaired) electrons. The Labute approximate surface area is 198 Å². The molecule has 2 unspecified atom stereocenters. The molecule has 34 heavy (non-hydrogen) atoms. The van der Waals surface area contributed by atoms with Crippen molar-refractivity contribution >= 4 is 23.4 Å². The van der Waals surface area contributed by atoms with Crippen molar-refractivity contribution in [3.63, 3.8) is 0 Å². The highest BCUT2D eigenvalue weighted by Gasteiger charge is 2.29. The average molecular weight is 474 g/mol. The molecule has 11 heteroatoms. The summed E-state index contributed by atoms with van der Waals surface area (Å²) in [5.41, 5.74) is 1.20. The largest absolute Gasteiger partial charge is 0.379 e. The second-order valence-electron chi connectivity index (χ2n) is 9.36. The number of morpholine rings is 1. The molecule has 0 spiro atoms. The first-order valence-electron chi connectivity index (χ1n) is 11.9. The first-order valence-corrected chi connectivity index (χ1v) is 11.9. The number of imidazole rings is 1. The van der Waals surface area contributed by atoms with Gasteiger partial charge in [-0.25, -0.2) is 4.79 Å². The van der Waals surface area contributed by atoms with Gasteiger partial charge in [-0.3, -0.25) is 24.1 Å². The minimum atomic E-state index is -0.395. The van der Waals surface area contributed by atoms with Gasteiger partial charge in [0.05, 0.1) is 13.2 Å². The molecule has 2 saturated heterocycles. The number of carbonyl (C=O) groups excluding carboxylic acids is 1. The minimum absolute atomic E-state index is 0.0927. The van der Waals surface area contributed by atoms with Gasteiger partial charge in [-0.05, 0) is 26.7 Å². The van der Waals surface area contributed by atoms with Crippen LogP contribution in [0.2, 0.25) is 0 Å². The van der Waals surface area contributed by atoms with Gasteiger partial charge in [-0.2, -0.15) is 4.98 Å². The second-order valence-corrected chi connectivity index (χ2v) is 9.36. The van der Waals surface area contributed by atoms with E-state index in [9.17, 15) is 14.4 Å². The summed E-state index contributed by atoms with van der Waals surface area (Å²) in [6, 6.07) is 0.0927. The number of rotatable bonds is 7. The van der Waals surface area contributed by atoms with Gasteiger partial charge in [0.25, 0.3) is 5.56 Å². The molecule has 186 valence electrons. The maximum Gasteiger partial charge on any atom is 0.332 e. The monoisotopic (exact) mass is 473 g/mol. The fraction of sp³-hybridized carbons (Fsp3) is 0.652. The zero-order valence-electron chi connectivity index (χ0n) is 20.5. The Hall–Kier alpha value is -2.76. The zero-order chi connectivity index (χ0) is 24.4. The van der Waals surface area contributed by atoms with Crippen molar-refractivity contribution in [3.8, 4) is 0 Å². The number of ether oxygens (including phenoxy) is 1. The lowest BCUT2D eigenvalue weighted by Crippen LogP contribution is -2.57. The standard InChI is InChI=1S/C23H35N7O4/c1-16(2)7-9-30-19-20(26(3)23(33)27(4)21(19)32)25-22(30)29-8-5-6-17(14-29)24-18(15-31)28-10-12-34-13-11-28/h7,15,17-18,24H,5-6,8-14H2,1-4H3. The van der Waals surface area contributed by atoms with E-state index in [1.54, 1.807) is 7.05 Å². The van der Waals surface area contributed by atoms with Gasteiger partial charge in [-0.1, -0.05) is 11.6 Å². The lowest BCUT2D eigenvalue weighted by molar-refractivity contribution is -0.115. The molecule has 4 heterocycles. The van der Waals surface area contributed by atoms with Gasteiger partial charge in [0, 0.05) is 52.9 Å². The van der Waals surface area contributed by atoms with Crippen LogP contribution in [0.5, 0.6) is 0 Å². The van der Waals surface area contributed by atoms with E-state index in [4.69, 9.17) is 9.72 Å². The van der Waals surface area contributed by atoms with Crippen LogP contribution in [0.1, 0.15) is 26.7 Å². The first kappa shape index (κ1) is 24.4. The Morgan fingerprint density at radius 1 is 1.18 bits per heavy atom. The van der Waals surface area contributed by atoms with E-state index >= 15 is 0 Å². The van der Waals surface area contributed by atoms with E-state index in [1.807, 2.05) is 18.4 Å². The number of nitrogens with zero attached hydrogens (tertiary/aromatic N) is 6. The number of carbonyl (C=O) groups is 1. The summed E-state index contributed by atoms with van der Waals surface area (Å²) in [7, 11) is 3.14. The quantitative estimate of drug-likeness (QED) is 0.436. The molecule has 0 aromatic carbocycles. The molecule has 2 aromatic heterocycles. The minimum Gasteiger partial charge on any atom is -0.379 e. The number of aromatic nitrogens is 4. The zero-order valence-corrected chi connectivity index (χ0v) is 20.5. The predicted molar refractivity (Wildman–Crippen MR) is 130 cm³/mol. The average Bonchev–Trinajstić information content (AvgIpc) is 3.24. The van der Waals surface area contributed by atoms with Crippen LogP contribution >= 0.6 is 0 Å². The SMILES string of the molecule is CC(C)=CCn1c(N2CCCC(NC(C=O)N3CCOCC3)C2)nc2c1c(=O)n(C)c(=O)n2C. The molecular weight excluding hydrogens is 438 g/mol. The number of aldehydes is 1. The molecule has 2 aliphatic heterocycles. The van der Waals surface area contributed by atoms with E-state index in [-0.39, 0.29) is 17.8 Å². The van der Waals surface area contributed by atoms with Crippen molar-refractivity contribution in [1.29, 1.82) is 0 Å². The smallest absolute Gasteiger partial charge is 0.332 e. The van der Waals surface area contributed by atoms with Crippen molar-refractivity contribution in [2.75, 3.05) is 44.3 Å². The van der Waals surface area contributed by atoms with E-state index in [0.29, 0.717) is 43.4 Å². The van der Waals surface area contributed by atoms with Crippen molar-refractivity contribution in [3.05, 3.63) is 32.5 Å². The van der Waals surface area contributed by atoms with Crippen molar-refractivity contribution in [2.45, 2.75) is 45.4 Å². The van der Waals surface area contributed by atoms with Gasteiger partial charge in [0.1, 0.15) is 6.17 Å². The number of anilines is 1. The number of nitrogens with one attached hydrogen (secondary N) is 1. The molecule has 0 bridgehead atoms. The summed E-state index contributed by atoms with van der Waals surface area (Å²) >= 11 is 0. The fourth-order valence-corrected chi connectivity index (χ4v) is 4.75. The van der Waals surface area contributed by atoms with Crippen LogP contribution in [0.25, 0.3) is 11.2 Å². The van der Waals surface area contributed by atoms with Crippen molar-refractivity contribution in [2.24, 2.45) is 14.1 Å². The van der Waals surface area contributed by atoms with Crippen molar-refractivity contribution < 1.29 is 9.53 Å². The number of piperidine rings is 1. The summed E-state index contributed by atoms with van der Waals surface area (Å²) in [5, 5.41) is 3.51. The van der Waals surface area contributed by atoms with Crippen LogP contribution in [0, 0.1) is 0 Å². The molecule has 1 N–H and O–H groups in total. The van der Waals surface area contributed by atoms with Gasteiger partial charge in [0.2, 0.25) is 5.95 Å². The van der Waals surface area contributed by atoms with E-state index in [1.165, 1.54) is 11.6 Å². The molecule has 2 atom stereocenters.